The summed E-state index contributed by atoms with van der Waals surface area (Å²) in [5, 5.41) is 12.3. The van der Waals surface area contributed by atoms with Gasteiger partial charge in [-0.2, -0.15) is 0 Å². The fourth-order valence-electron chi connectivity index (χ4n) is 2.98. The van der Waals surface area contributed by atoms with E-state index in [1.807, 2.05) is 30.3 Å². The first-order chi connectivity index (χ1) is 11.1. The van der Waals surface area contributed by atoms with Crippen LogP contribution in [0.5, 0.6) is 0 Å². The lowest BCUT2D eigenvalue weighted by Crippen LogP contribution is -2.54. The molecule has 0 heterocycles. The van der Waals surface area contributed by atoms with Gasteiger partial charge in [0.15, 0.2) is 0 Å². The SMILES string of the molecule is O=C(CCOCc1ccccc1)NC1(C(=O)O)CCCCCC1. The summed E-state index contributed by atoms with van der Waals surface area (Å²) in [4.78, 5) is 23.7. The van der Waals surface area contributed by atoms with E-state index in [9.17, 15) is 14.7 Å². The van der Waals surface area contributed by atoms with Crippen molar-refractivity contribution in [2.24, 2.45) is 0 Å². The van der Waals surface area contributed by atoms with E-state index in [-0.39, 0.29) is 18.9 Å². The van der Waals surface area contributed by atoms with Gasteiger partial charge in [0.25, 0.3) is 0 Å². The number of ether oxygens (including phenoxy) is 1. The first-order valence-corrected chi connectivity index (χ1v) is 8.28. The molecular weight excluding hydrogens is 294 g/mol. The predicted molar refractivity (Wildman–Crippen MR) is 86.9 cm³/mol. The number of hydrogen-bond donors (Lipinski definition) is 2. The van der Waals surface area contributed by atoms with Gasteiger partial charge in [0.1, 0.15) is 5.54 Å². The van der Waals surface area contributed by atoms with Crippen LogP contribution in [0.15, 0.2) is 30.3 Å². The second-order valence-electron chi connectivity index (χ2n) is 6.14. The van der Waals surface area contributed by atoms with Gasteiger partial charge in [0.2, 0.25) is 5.91 Å². The molecule has 0 unspecified atom stereocenters. The lowest BCUT2D eigenvalue weighted by molar-refractivity contribution is -0.148. The molecule has 1 aromatic carbocycles. The van der Waals surface area contributed by atoms with Crippen LogP contribution in [-0.2, 0) is 20.9 Å². The number of amides is 1. The van der Waals surface area contributed by atoms with Gasteiger partial charge in [-0.05, 0) is 18.4 Å². The maximum Gasteiger partial charge on any atom is 0.329 e. The van der Waals surface area contributed by atoms with Crippen LogP contribution in [0.2, 0.25) is 0 Å². The standard InChI is InChI=1S/C18H25NO4/c20-16(10-13-23-14-15-8-4-3-5-9-15)19-18(17(21)22)11-6-1-2-7-12-18/h3-5,8-9H,1-2,6-7,10-14H2,(H,19,20)(H,21,22). The summed E-state index contributed by atoms with van der Waals surface area (Å²) >= 11 is 0. The van der Waals surface area contributed by atoms with Crippen LogP contribution < -0.4 is 5.32 Å². The van der Waals surface area contributed by atoms with Crippen molar-refractivity contribution in [2.45, 2.75) is 57.1 Å². The highest BCUT2D eigenvalue weighted by Crippen LogP contribution is 2.27. The number of benzene rings is 1. The summed E-state index contributed by atoms with van der Waals surface area (Å²) in [7, 11) is 0. The number of carboxylic acids is 1. The molecule has 0 aromatic heterocycles. The molecule has 1 aromatic rings. The van der Waals surface area contributed by atoms with Crippen LogP contribution >= 0.6 is 0 Å². The first kappa shape index (κ1) is 17.5. The fraction of sp³-hybridized carbons (Fsp3) is 0.556. The number of aliphatic carboxylic acids is 1. The van der Waals surface area contributed by atoms with Gasteiger partial charge in [-0.3, -0.25) is 4.79 Å². The molecule has 2 N–H and O–H groups in total. The van der Waals surface area contributed by atoms with Crippen molar-refractivity contribution in [1.82, 2.24) is 5.32 Å². The molecule has 0 aliphatic heterocycles. The number of carbonyl (C=O) groups excluding carboxylic acids is 1. The number of hydrogen-bond acceptors (Lipinski definition) is 3. The Hall–Kier alpha value is -1.88. The van der Waals surface area contributed by atoms with Gasteiger partial charge in [-0.1, -0.05) is 56.0 Å². The van der Waals surface area contributed by atoms with Crippen LogP contribution in [0.25, 0.3) is 0 Å². The molecule has 126 valence electrons. The van der Waals surface area contributed by atoms with Crippen molar-refractivity contribution in [2.75, 3.05) is 6.61 Å². The van der Waals surface area contributed by atoms with Crippen molar-refractivity contribution in [1.29, 1.82) is 0 Å². The van der Waals surface area contributed by atoms with Gasteiger partial charge < -0.3 is 15.2 Å². The molecule has 2 rings (SSSR count). The third kappa shape index (κ3) is 5.36. The highest BCUT2D eigenvalue weighted by molar-refractivity contribution is 5.87. The molecule has 1 amide bonds. The minimum atomic E-state index is -1.09. The normalized spacial score (nSPS) is 17.2. The molecular formula is C18H25NO4. The summed E-state index contributed by atoms with van der Waals surface area (Å²) in [5.74, 6) is -1.17. The Morgan fingerprint density at radius 3 is 2.35 bits per heavy atom. The van der Waals surface area contributed by atoms with Crippen LogP contribution in [-0.4, -0.2) is 29.1 Å². The maximum absolute atomic E-state index is 12.1. The second kappa shape index (κ2) is 8.67. The average molecular weight is 319 g/mol. The second-order valence-corrected chi connectivity index (χ2v) is 6.14. The molecule has 0 bridgehead atoms. The number of nitrogens with one attached hydrogen (secondary N) is 1. The molecule has 0 spiro atoms. The Morgan fingerprint density at radius 1 is 1.09 bits per heavy atom. The van der Waals surface area contributed by atoms with E-state index in [4.69, 9.17) is 4.74 Å². The minimum absolute atomic E-state index is 0.182. The predicted octanol–water partition coefficient (Wildman–Crippen LogP) is 2.89. The Labute approximate surface area is 137 Å². The summed E-state index contributed by atoms with van der Waals surface area (Å²) in [6, 6.07) is 9.74. The fourth-order valence-corrected chi connectivity index (χ4v) is 2.98. The maximum atomic E-state index is 12.1. The van der Waals surface area contributed by atoms with Crippen molar-refractivity contribution in [3.8, 4) is 0 Å². The number of rotatable bonds is 7. The van der Waals surface area contributed by atoms with Gasteiger partial charge in [0, 0.05) is 0 Å². The van der Waals surface area contributed by atoms with Crippen molar-refractivity contribution < 1.29 is 19.4 Å². The van der Waals surface area contributed by atoms with Crippen LogP contribution in [0, 0.1) is 0 Å². The molecule has 1 aliphatic carbocycles. The summed E-state index contributed by atoms with van der Waals surface area (Å²) in [6.45, 7) is 0.745. The zero-order chi connectivity index (χ0) is 16.5. The third-order valence-corrected chi connectivity index (χ3v) is 4.33. The molecule has 0 atom stereocenters. The Bertz CT molecular complexity index is 507. The van der Waals surface area contributed by atoms with E-state index in [2.05, 4.69) is 5.32 Å². The molecule has 23 heavy (non-hydrogen) atoms. The molecule has 5 nitrogen and oxygen atoms in total. The third-order valence-electron chi connectivity index (χ3n) is 4.33. The highest BCUT2D eigenvalue weighted by Gasteiger charge is 2.39. The Morgan fingerprint density at radius 2 is 1.74 bits per heavy atom. The Balaban J connectivity index is 1.77. The van der Waals surface area contributed by atoms with Crippen LogP contribution in [0.1, 0.15) is 50.5 Å². The molecule has 0 saturated heterocycles. The smallest absolute Gasteiger partial charge is 0.329 e. The van der Waals surface area contributed by atoms with Crippen molar-refractivity contribution in [3.63, 3.8) is 0 Å². The highest BCUT2D eigenvalue weighted by atomic mass is 16.5. The summed E-state index contributed by atoms with van der Waals surface area (Å²) in [5.41, 5.74) is -0.0359. The monoisotopic (exact) mass is 319 g/mol. The van der Waals surface area contributed by atoms with Gasteiger partial charge >= 0.3 is 5.97 Å². The molecule has 1 fully saturated rings. The summed E-state index contributed by atoms with van der Waals surface area (Å²) < 4.78 is 5.49. The molecule has 1 saturated carbocycles. The zero-order valence-corrected chi connectivity index (χ0v) is 13.4. The average Bonchev–Trinajstić information content (AvgIpc) is 2.79. The van der Waals surface area contributed by atoms with Crippen molar-refractivity contribution in [3.05, 3.63) is 35.9 Å². The number of carbonyl (C=O) groups is 2. The summed E-state index contributed by atoms with van der Waals surface area (Å²) in [6.07, 6.45) is 4.96. The molecule has 5 heteroatoms. The number of carboxylic acid groups (broad SMARTS) is 1. The van der Waals surface area contributed by atoms with E-state index < -0.39 is 11.5 Å². The molecule has 1 aliphatic rings. The molecule has 0 radical (unpaired) electrons. The van der Waals surface area contributed by atoms with Gasteiger partial charge in [-0.25, -0.2) is 4.79 Å². The topological polar surface area (TPSA) is 75.6 Å². The lowest BCUT2D eigenvalue weighted by Gasteiger charge is -2.29. The van der Waals surface area contributed by atoms with Crippen LogP contribution in [0.3, 0.4) is 0 Å². The van der Waals surface area contributed by atoms with E-state index >= 15 is 0 Å². The lowest BCUT2D eigenvalue weighted by atomic mass is 9.90. The van der Waals surface area contributed by atoms with E-state index in [0.717, 1.165) is 31.2 Å². The minimum Gasteiger partial charge on any atom is -0.480 e. The zero-order valence-electron chi connectivity index (χ0n) is 13.4. The van der Waals surface area contributed by atoms with Gasteiger partial charge in [-0.15, -0.1) is 0 Å². The largest absolute Gasteiger partial charge is 0.480 e. The van der Waals surface area contributed by atoms with E-state index in [0.29, 0.717) is 19.4 Å². The van der Waals surface area contributed by atoms with Crippen LogP contribution in [0.4, 0.5) is 0 Å². The Kier molecular flexibility index (Phi) is 6.59. The first-order valence-electron chi connectivity index (χ1n) is 8.28. The van der Waals surface area contributed by atoms with Gasteiger partial charge in [0.05, 0.1) is 19.6 Å². The quantitative estimate of drug-likeness (QED) is 0.598. The van der Waals surface area contributed by atoms with E-state index in [1.165, 1.54) is 0 Å². The van der Waals surface area contributed by atoms with E-state index in [1.54, 1.807) is 0 Å². The van der Waals surface area contributed by atoms with Crippen molar-refractivity contribution >= 4 is 11.9 Å².